The molecule has 18 nitrogen and oxygen atoms in total. The summed E-state index contributed by atoms with van der Waals surface area (Å²) >= 11 is 0. The van der Waals surface area contributed by atoms with Crippen molar-refractivity contribution < 1.29 is 38.2 Å². The van der Waals surface area contributed by atoms with Crippen molar-refractivity contribution in [1.82, 2.24) is 51.5 Å². The highest BCUT2D eigenvalue weighted by Gasteiger charge is 2.40. The Morgan fingerprint density at radius 1 is 0.524 bits per heavy atom. The first-order valence-electron chi connectivity index (χ1n) is 29.1. The highest BCUT2D eigenvalue weighted by atomic mass is 16.5. The second-order valence-electron chi connectivity index (χ2n) is 21.4. The van der Waals surface area contributed by atoms with Gasteiger partial charge in [-0.25, -0.2) is 0 Å². The summed E-state index contributed by atoms with van der Waals surface area (Å²) in [7, 11) is 3.34. The van der Waals surface area contributed by atoms with Gasteiger partial charge in [-0.3, -0.25) is 28.8 Å². The maximum atomic E-state index is 14.7. The lowest BCUT2D eigenvalue weighted by Crippen LogP contribution is -2.59. The first-order chi connectivity index (χ1) is 39.8. The minimum atomic E-state index is -1.06. The van der Waals surface area contributed by atoms with Crippen LogP contribution in [0.1, 0.15) is 75.6 Å². The molecule has 0 aliphatic carbocycles. The number of likely N-dealkylation sites (N-methyl/N-ethyl adjacent to an activating group) is 2. The van der Waals surface area contributed by atoms with Crippen LogP contribution < -0.4 is 31.9 Å². The third-order valence-corrected chi connectivity index (χ3v) is 15.5. The van der Waals surface area contributed by atoms with Crippen LogP contribution in [0.3, 0.4) is 0 Å². The average molecular weight is 1130 g/mol. The van der Waals surface area contributed by atoms with Gasteiger partial charge in [-0.05, 0) is 103 Å². The molecule has 0 saturated carbocycles. The topological polar surface area (TPSA) is 206 Å². The Kier molecular flexibility index (Phi) is 27.0. The monoisotopic (exact) mass is 1120 g/mol. The molecule has 4 aromatic rings. The van der Waals surface area contributed by atoms with Gasteiger partial charge >= 0.3 is 0 Å². The van der Waals surface area contributed by atoms with E-state index in [0.29, 0.717) is 78.0 Å². The summed E-state index contributed by atoms with van der Waals surface area (Å²) in [5.74, 6) is 4.47. The van der Waals surface area contributed by atoms with Crippen molar-refractivity contribution in [2.24, 2.45) is 0 Å². The van der Waals surface area contributed by atoms with Crippen molar-refractivity contribution in [2.45, 2.75) is 128 Å². The third-order valence-electron chi connectivity index (χ3n) is 15.5. The zero-order valence-corrected chi connectivity index (χ0v) is 48.9. The van der Waals surface area contributed by atoms with Crippen LogP contribution in [0.2, 0.25) is 0 Å². The van der Waals surface area contributed by atoms with E-state index < -0.39 is 36.4 Å². The lowest BCUT2D eigenvalue weighted by atomic mass is 10.1. The standard InChI is InChI=1S/C64H88N10O8/c1-47(65-5)61(77)69-59(63(79)73-35-21-31-55(73)45-71(37-33-51-23-11-7-12-24-51)57(75)43-67-41-53-27-15-9-16-28-53)49(3)81-39-19-20-40-82-50(4)60(70-62(78)48(2)66-6)64(80)74-36-22-32-56(74)46-72(38-34-52-25-13-8-14-26-52)58(76)44-68-42-54-29-17-10-18-30-54/h7-18,23-30,47-50,55-56,59-60,65-68H,21-22,31-46H2,1-6H3,(H,69,77)(H,70,78)/t47-,48-,49+,50+,55-,56-,59-,60-/m0/s1. The maximum absolute atomic E-state index is 14.7. The number of carbonyl (C=O) groups is 6. The largest absolute Gasteiger partial charge is 0.363 e. The minimum Gasteiger partial charge on any atom is -0.363 e. The number of ether oxygens (including phenoxy) is 2. The zero-order chi connectivity index (χ0) is 58.6. The van der Waals surface area contributed by atoms with Gasteiger partial charge in [0.1, 0.15) is 25.3 Å². The van der Waals surface area contributed by atoms with E-state index in [1.54, 1.807) is 51.6 Å². The van der Waals surface area contributed by atoms with Gasteiger partial charge in [0.05, 0.1) is 37.4 Å². The van der Waals surface area contributed by atoms with Crippen LogP contribution in [-0.2, 0) is 64.2 Å². The van der Waals surface area contributed by atoms with Crippen LogP contribution in [0, 0.1) is 11.8 Å². The maximum Gasteiger partial charge on any atom is 0.248 e. The molecule has 6 amide bonds. The molecule has 18 heteroatoms. The summed E-state index contributed by atoms with van der Waals surface area (Å²) in [4.78, 5) is 91.3. The smallest absolute Gasteiger partial charge is 0.248 e. The predicted molar refractivity (Wildman–Crippen MR) is 319 cm³/mol. The van der Waals surface area contributed by atoms with Gasteiger partial charge in [-0.1, -0.05) is 133 Å². The molecule has 0 aromatic heterocycles. The molecule has 82 heavy (non-hydrogen) atoms. The molecular weight excluding hydrogens is 1040 g/mol. The molecular formula is C64H88N10O8. The van der Waals surface area contributed by atoms with Gasteiger partial charge < -0.3 is 61.0 Å². The Bertz CT molecular complexity index is 2480. The summed E-state index contributed by atoms with van der Waals surface area (Å²) in [5.41, 5.74) is 4.36. The molecule has 2 aliphatic heterocycles. The average Bonchev–Trinajstić information content (AvgIpc) is 4.30. The molecule has 8 atom stereocenters. The van der Waals surface area contributed by atoms with Crippen LogP contribution >= 0.6 is 0 Å². The van der Waals surface area contributed by atoms with Crippen LogP contribution in [-0.4, -0.2) is 183 Å². The Hall–Kier alpha value is -6.98. The summed E-state index contributed by atoms with van der Waals surface area (Å²) in [5, 5.41) is 18.4. The lowest BCUT2D eigenvalue weighted by Gasteiger charge is -2.35. The molecule has 2 fully saturated rings. The first kappa shape index (κ1) is 64.2. The molecule has 6 N–H and O–H groups in total. The first-order valence-corrected chi connectivity index (χ1v) is 29.1. The summed E-state index contributed by atoms with van der Waals surface area (Å²) in [6, 6.07) is 36.0. The SMILES string of the molecule is CN[C@@H](C)C(=O)N[C@H](C(=O)N1CCC[C@H]1CN(CCc1ccccc1)C(=O)CNCc1ccccc1)[C@@H](C)OCC#CCO[C@H](C)[C@H](NC(=O)[C@H](C)NC)C(=O)N1CCC[C@H]1CN(CCc1ccccc1)C(=O)CNCc1ccccc1. The fraction of sp³-hybridized carbons (Fsp3) is 0.500. The predicted octanol–water partition coefficient (Wildman–Crippen LogP) is 3.69. The van der Waals surface area contributed by atoms with Crippen molar-refractivity contribution in [3.63, 3.8) is 0 Å². The van der Waals surface area contributed by atoms with Gasteiger partial charge in [0.25, 0.3) is 0 Å². The van der Waals surface area contributed by atoms with Crippen molar-refractivity contribution in [3.05, 3.63) is 144 Å². The Morgan fingerprint density at radius 3 is 1.21 bits per heavy atom. The zero-order valence-electron chi connectivity index (χ0n) is 48.9. The number of hydrogen-bond donors (Lipinski definition) is 6. The number of rotatable bonds is 32. The fourth-order valence-corrected chi connectivity index (χ4v) is 10.2. The number of nitrogens with one attached hydrogen (secondary N) is 6. The van der Waals surface area contributed by atoms with Crippen molar-refractivity contribution in [3.8, 4) is 11.8 Å². The van der Waals surface area contributed by atoms with E-state index >= 15 is 0 Å². The summed E-state index contributed by atoms with van der Waals surface area (Å²) in [6.07, 6.45) is 2.56. The minimum absolute atomic E-state index is 0.0617. The second kappa shape index (κ2) is 34.5. The quantitative estimate of drug-likeness (QED) is 0.0388. The van der Waals surface area contributed by atoms with E-state index in [2.05, 4.69) is 43.7 Å². The second-order valence-corrected chi connectivity index (χ2v) is 21.4. The number of nitrogens with zero attached hydrogens (tertiary/aromatic N) is 4. The van der Waals surface area contributed by atoms with Crippen LogP contribution in [0.25, 0.3) is 0 Å². The molecule has 442 valence electrons. The van der Waals surface area contributed by atoms with E-state index in [4.69, 9.17) is 9.47 Å². The highest BCUT2D eigenvalue weighted by Crippen LogP contribution is 2.23. The number of hydrogen-bond acceptors (Lipinski definition) is 12. The molecule has 2 heterocycles. The van der Waals surface area contributed by atoms with E-state index in [1.165, 1.54) is 0 Å². The lowest BCUT2D eigenvalue weighted by molar-refractivity contribution is -0.143. The van der Waals surface area contributed by atoms with E-state index in [-0.39, 0.29) is 73.8 Å². The molecule has 0 radical (unpaired) electrons. The molecule has 0 spiro atoms. The van der Waals surface area contributed by atoms with Crippen molar-refractivity contribution in [2.75, 3.05) is 79.7 Å². The van der Waals surface area contributed by atoms with Crippen LogP contribution in [0.15, 0.2) is 121 Å². The number of benzene rings is 4. The van der Waals surface area contributed by atoms with Gasteiger partial charge in [0.15, 0.2) is 0 Å². The normalized spacial score (nSPS) is 17.1. The Morgan fingerprint density at radius 2 is 0.866 bits per heavy atom. The highest BCUT2D eigenvalue weighted by molar-refractivity contribution is 5.91. The molecule has 4 aromatic carbocycles. The Balaban J connectivity index is 1.08. The van der Waals surface area contributed by atoms with Gasteiger partial charge in [0, 0.05) is 64.4 Å². The van der Waals surface area contributed by atoms with Gasteiger partial charge in [0.2, 0.25) is 35.4 Å². The number of likely N-dealkylation sites (tertiary alicyclic amines) is 2. The molecule has 0 unspecified atom stereocenters. The summed E-state index contributed by atoms with van der Waals surface area (Å²) < 4.78 is 12.4. The molecule has 0 bridgehead atoms. The van der Waals surface area contributed by atoms with Crippen molar-refractivity contribution in [1.29, 1.82) is 0 Å². The van der Waals surface area contributed by atoms with Crippen LogP contribution in [0.5, 0.6) is 0 Å². The van der Waals surface area contributed by atoms with E-state index in [9.17, 15) is 28.8 Å². The van der Waals surface area contributed by atoms with E-state index in [1.807, 2.05) is 131 Å². The number of amides is 6. The third kappa shape index (κ3) is 20.5. The van der Waals surface area contributed by atoms with Crippen LogP contribution in [0.4, 0.5) is 0 Å². The van der Waals surface area contributed by atoms with E-state index in [0.717, 1.165) is 35.1 Å². The molecule has 6 rings (SSSR count). The molecule has 2 saturated heterocycles. The fourth-order valence-electron chi connectivity index (χ4n) is 10.2. The van der Waals surface area contributed by atoms with Crippen molar-refractivity contribution >= 4 is 35.4 Å². The van der Waals surface area contributed by atoms with Gasteiger partial charge in [-0.15, -0.1) is 0 Å². The van der Waals surface area contributed by atoms with Gasteiger partial charge in [-0.2, -0.15) is 0 Å². The summed E-state index contributed by atoms with van der Waals surface area (Å²) in [6.45, 7) is 10.6. The number of carbonyl (C=O) groups excluding carboxylic acids is 6. The molecule has 2 aliphatic rings. The Labute approximate surface area is 486 Å².